The molecule has 2 atom stereocenters. The third-order valence-electron chi connectivity index (χ3n) is 10.2. The molecule has 0 spiro atoms. The number of pyridine rings is 1. The molecule has 1 unspecified atom stereocenters. The van der Waals surface area contributed by atoms with Crippen LogP contribution in [0.1, 0.15) is 61.4 Å². The Morgan fingerprint density at radius 1 is 1.17 bits per heavy atom. The molecule has 282 valence electrons. The number of rotatable bonds is 15. The lowest BCUT2D eigenvalue weighted by Crippen LogP contribution is -2.41. The largest absolute Gasteiger partial charge is 0.480 e. The molecule has 6 rings (SSSR count). The van der Waals surface area contributed by atoms with Crippen molar-refractivity contribution in [3.63, 3.8) is 0 Å². The summed E-state index contributed by atoms with van der Waals surface area (Å²) in [6.45, 7) is 4.54. The summed E-state index contributed by atoms with van der Waals surface area (Å²) in [6.07, 6.45) is 6.44. The maximum absolute atomic E-state index is 13.8. The number of amides is 4. The van der Waals surface area contributed by atoms with Gasteiger partial charge in [-0.1, -0.05) is 19.1 Å². The number of benzene rings is 1. The van der Waals surface area contributed by atoms with Gasteiger partial charge in [0, 0.05) is 81.1 Å². The second-order valence-corrected chi connectivity index (χ2v) is 15.2. The molecule has 3 aliphatic heterocycles. The summed E-state index contributed by atoms with van der Waals surface area (Å²) < 4.78 is 0. The molecule has 7 N–H and O–H groups in total. The van der Waals surface area contributed by atoms with Crippen LogP contribution in [0.25, 0.3) is 6.08 Å². The molecule has 4 heterocycles. The van der Waals surface area contributed by atoms with Crippen LogP contribution in [-0.4, -0.2) is 122 Å². The molecule has 4 amide bonds. The highest BCUT2D eigenvalue weighted by atomic mass is 32.2. The Morgan fingerprint density at radius 2 is 1.96 bits per heavy atom. The molecule has 1 aromatic carbocycles. The van der Waals surface area contributed by atoms with E-state index in [1.54, 1.807) is 17.2 Å². The molecule has 0 bridgehead atoms. The molecule has 16 heteroatoms. The van der Waals surface area contributed by atoms with E-state index in [0.29, 0.717) is 68.2 Å². The maximum Gasteiger partial charge on any atom is 0.321 e. The van der Waals surface area contributed by atoms with Gasteiger partial charge in [0.1, 0.15) is 11.9 Å². The highest BCUT2D eigenvalue weighted by molar-refractivity contribution is 8.00. The normalized spacial score (nSPS) is 19.8. The van der Waals surface area contributed by atoms with Gasteiger partial charge >= 0.3 is 5.97 Å². The van der Waals surface area contributed by atoms with Crippen LogP contribution < -0.4 is 16.8 Å². The minimum absolute atomic E-state index is 0.0307. The summed E-state index contributed by atoms with van der Waals surface area (Å²) in [4.78, 5) is 77.9. The number of amidine groups is 1. The lowest BCUT2D eigenvalue weighted by Gasteiger charge is -2.29. The average Bonchev–Trinajstić information content (AvgIpc) is 3.92. The number of aliphatic imine (C=N–C) groups is 1. The molecule has 1 aromatic heterocycles. The van der Waals surface area contributed by atoms with Crippen LogP contribution in [0.5, 0.6) is 0 Å². The van der Waals surface area contributed by atoms with Crippen molar-refractivity contribution in [2.75, 3.05) is 50.4 Å². The number of carboxylic acids is 1. The number of nitrogens with two attached hydrogens (primary N) is 2. The number of aliphatic carboxylic acids is 1. The first-order chi connectivity index (χ1) is 25.4. The van der Waals surface area contributed by atoms with Crippen molar-refractivity contribution in [3.8, 4) is 0 Å². The molecule has 2 aromatic rings. The molecule has 1 saturated carbocycles. The number of hydrogen-bond donors (Lipinski definition) is 5. The molecular formula is C37H46N8O7S. The van der Waals surface area contributed by atoms with Gasteiger partial charge < -0.3 is 31.9 Å². The Bertz CT molecular complexity index is 1860. The summed E-state index contributed by atoms with van der Waals surface area (Å²) in [6, 6.07) is 6.48. The standard InChI is InChI=1S/C37H46N8O7S/c1-2-8-44(12-13-46)33(48)23-14-22-3-4-25(17-29(22)42-31(39)16-23)37(6-7-37)36(52)41-26-15-24-20-43(9-5-28(24)40-19-26)10-11-45-32(47)18-30(34(45)49)53-21-27(38)35(50)51/h3-4,14-15,17,19,27,30,46H,2,5-13,16,18,20-21,38H2,1H3,(H2,39,42)(H,41,52)(H,50,51)/t27-,30?/m0/s1. The predicted molar refractivity (Wildman–Crippen MR) is 200 cm³/mol. The predicted octanol–water partition coefficient (Wildman–Crippen LogP) is 1.39. The molecule has 15 nitrogen and oxygen atoms in total. The Balaban J connectivity index is 1.09. The van der Waals surface area contributed by atoms with Gasteiger partial charge in [-0.15, -0.1) is 11.8 Å². The van der Waals surface area contributed by atoms with Crippen LogP contribution in [0.2, 0.25) is 0 Å². The van der Waals surface area contributed by atoms with Crippen molar-refractivity contribution in [1.82, 2.24) is 19.7 Å². The van der Waals surface area contributed by atoms with Crippen molar-refractivity contribution >= 4 is 64.6 Å². The number of anilines is 1. The molecule has 1 saturated heterocycles. The van der Waals surface area contributed by atoms with E-state index in [1.165, 1.54) is 4.90 Å². The lowest BCUT2D eigenvalue weighted by atomic mass is 9.92. The lowest BCUT2D eigenvalue weighted by molar-refractivity contribution is -0.139. The molecular weight excluding hydrogens is 701 g/mol. The molecule has 2 fully saturated rings. The fourth-order valence-electron chi connectivity index (χ4n) is 7.05. The van der Waals surface area contributed by atoms with Gasteiger partial charge in [0.15, 0.2) is 0 Å². The molecule has 1 aliphatic carbocycles. The first-order valence-electron chi connectivity index (χ1n) is 18.0. The Labute approximate surface area is 311 Å². The van der Waals surface area contributed by atoms with Crippen LogP contribution >= 0.6 is 11.8 Å². The fraction of sp³-hybridized carbons (Fsp3) is 0.486. The van der Waals surface area contributed by atoms with E-state index in [9.17, 15) is 29.1 Å². The Morgan fingerprint density at radius 3 is 2.68 bits per heavy atom. The van der Waals surface area contributed by atoms with Crippen LogP contribution in [-0.2, 0) is 42.4 Å². The summed E-state index contributed by atoms with van der Waals surface area (Å²) in [5.41, 5.74) is 16.2. The van der Waals surface area contributed by atoms with Gasteiger partial charge in [0.2, 0.25) is 23.6 Å². The number of fused-ring (bicyclic) bond motifs is 2. The summed E-state index contributed by atoms with van der Waals surface area (Å²) in [7, 11) is 0. The zero-order chi connectivity index (χ0) is 37.9. The van der Waals surface area contributed by atoms with Crippen LogP contribution in [0.15, 0.2) is 41.0 Å². The number of aliphatic hydroxyl groups excluding tert-OH is 1. The van der Waals surface area contributed by atoms with Gasteiger partial charge in [-0.2, -0.15) is 0 Å². The number of carbonyl (C=O) groups is 5. The number of aromatic nitrogens is 1. The monoisotopic (exact) mass is 746 g/mol. The summed E-state index contributed by atoms with van der Waals surface area (Å²) >= 11 is 1.10. The van der Waals surface area contributed by atoms with Crippen LogP contribution in [0.3, 0.4) is 0 Å². The van der Waals surface area contributed by atoms with E-state index in [4.69, 9.17) is 16.6 Å². The highest BCUT2D eigenvalue weighted by Gasteiger charge is 2.51. The minimum atomic E-state index is -1.15. The summed E-state index contributed by atoms with van der Waals surface area (Å²) in [5, 5.41) is 20.9. The first kappa shape index (κ1) is 38.1. The first-order valence-corrected chi connectivity index (χ1v) is 19.0. The second-order valence-electron chi connectivity index (χ2n) is 14.0. The minimum Gasteiger partial charge on any atom is -0.480 e. The number of carboxylic acid groups (broad SMARTS) is 1. The van der Waals surface area contributed by atoms with Crippen molar-refractivity contribution < 1.29 is 34.2 Å². The number of nitrogens with one attached hydrogen (secondary N) is 1. The fourth-order valence-corrected chi connectivity index (χ4v) is 8.16. The van der Waals surface area contributed by atoms with Gasteiger partial charge in [0.05, 0.1) is 34.8 Å². The number of aliphatic hydroxyl groups is 1. The summed E-state index contributed by atoms with van der Waals surface area (Å²) in [5.74, 6) is -1.72. The van der Waals surface area contributed by atoms with E-state index >= 15 is 0 Å². The van der Waals surface area contributed by atoms with Gasteiger partial charge in [-0.25, -0.2) is 4.99 Å². The van der Waals surface area contributed by atoms with E-state index in [2.05, 4.69) is 20.2 Å². The average molecular weight is 747 g/mol. The maximum atomic E-state index is 13.8. The molecule has 0 radical (unpaired) electrons. The number of hydrogen-bond acceptors (Lipinski definition) is 12. The van der Waals surface area contributed by atoms with E-state index < -0.39 is 22.7 Å². The second kappa shape index (κ2) is 16.2. The van der Waals surface area contributed by atoms with E-state index in [-0.39, 0.29) is 61.9 Å². The third kappa shape index (κ3) is 8.45. The van der Waals surface area contributed by atoms with Crippen LogP contribution in [0, 0.1) is 0 Å². The topological polar surface area (TPSA) is 225 Å². The van der Waals surface area contributed by atoms with Crippen molar-refractivity contribution in [1.29, 1.82) is 0 Å². The van der Waals surface area contributed by atoms with Gasteiger partial charge in [-0.3, -0.25) is 38.8 Å². The Kier molecular flexibility index (Phi) is 11.6. The number of likely N-dealkylation sites (tertiary alicyclic amines) is 1. The van der Waals surface area contributed by atoms with Gasteiger partial charge in [-0.05, 0) is 48.6 Å². The molecule has 53 heavy (non-hydrogen) atoms. The number of nitrogens with zero attached hydrogens (tertiary/aromatic N) is 5. The highest BCUT2D eigenvalue weighted by Crippen LogP contribution is 2.50. The number of carbonyl (C=O) groups excluding carboxylic acids is 4. The van der Waals surface area contributed by atoms with Crippen molar-refractivity contribution in [2.45, 2.75) is 68.7 Å². The number of imide groups is 1. The van der Waals surface area contributed by atoms with Gasteiger partial charge in [0.25, 0.3) is 0 Å². The van der Waals surface area contributed by atoms with Crippen molar-refractivity contribution in [3.05, 3.63) is 58.4 Å². The smallest absolute Gasteiger partial charge is 0.321 e. The van der Waals surface area contributed by atoms with Crippen LogP contribution in [0.4, 0.5) is 11.4 Å². The SMILES string of the molecule is CCCN(CCO)C(=O)C1=Cc2ccc(C3(C(=O)Nc4cnc5c(c4)CN(CCN4C(=O)CC(SC[C@H](N)C(=O)O)C4=O)CC5)CC3)cc2N=C(N)C1. The van der Waals surface area contributed by atoms with E-state index in [1.807, 2.05) is 31.2 Å². The zero-order valence-corrected chi connectivity index (χ0v) is 30.6. The quantitative estimate of drug-likeness (QED) is 0.163. The Hall–Kier alpha value is -4.64. The molecule has 4 aliphatic rings. The van der Waals surface area contributed by atoms with E-state index in [0.717, 1.165) is 40.6 Å². The number of thioether (sulfide) groups is 1. The van der Waals surface area contributed by atoms with Crippen molar-refractivity contribution in [2.24, 2.45) is 16.5 Å². The third-order valence-corrected chi connectivity index (χ3v) is 11.5. The zero-order valence-electron chi connectivity index (χ0n) is 29.8.